The first-order valence-electron chi connectivity index (χ1n) is 6.58. The van der Waals surface area contributed by atoms with E-state index in [1.807, 2.05) is 48.5 Å². The topological polar surface area (TPSA) is 38.1 Å². The molecule has 0 radical (unpaired) electrons. The van der Waals surface area contributed by atoms with E-state index in [2.05, 4.69) is 9.55 Å². The number of nitrogens with zero attached hydrogens (tertiary/aromatic N) is 2. The van der Waals surface area contributed by atoms with Gasteiger partial charge >= 0.3 is 0 Å². The van der Waals surface area contributed by atoms with E-state index in [9.17, 15) is 5.11 Å². The molecule has 0 aliphatic rings. The zero-order valence-corrected chi connectivity index (χ0v) is 11.7. The third-order valence-electron chi connectivity index (χ3n) is 3.36. The highest BCUT2D eigenvalue weighted by Gasteiger charge is 2.11. The number of aliphatic hydroxyl groups is 1. The van der Waals surface area contributed by atoms with Gasteiger partial charge in [0.1, 0.15) is 5.82 Å². The van der Waals surface area contributed by atoms with Crippen LogP contribution in [0.15, 0.2) is 48.5 Å². The molecule has 1 N–H and O–H groups in total. The summed E-state index contributed by atoms with van der Waals surface area (Å²) in [5.74, 6) is 0.883. The van der Waals surface area contributed by atoms with Crippen LogP contribution < -0.4 is 0 Å². The van der Waals surface area contributed by atoms with Crippen LogP contribution in [0.3, 0.4) is 0 Å². The summed E-state index contributed by atoms with van der Waals surface area (Å²) in [4.78, 5) is 4.59. The predicted octanol–water partition coefficient (Wildman–Crippen LogP) is 3.27. The third kappa shape index (κ3) is 2.42. The van der Waals surface area contributed by atoms with Crippen molar-refractivity contribution in [1.82, 2.24) is 9.55 Å². The van der Waals surface area contributed by atoms with Crippen LogP contribution in [-0.2, 0) is 13.0 Å². The van der Waals surface area contributed by atoms with Crippen LogP contribution in [0.25, 0.3) is 11.0 Å². The summed E-state index contributed by atoms with van der Waals surface area (Å²) >= 11 is 6.24. The van der Waals surface area contributed by atoms with Crippen LogP contribution in [0.4, 0.5) is 0 Å². The first-order valence-corrected chi connectivity index (χ1v) is 6.96. The molecule has 20 heavy (non-hydrogen) atoms. The standard InChI is InChI=1S/C16H15ClN2O/c17-13-6-2-1-5-12(13)11-19-15-8-4-3-7-14(15)18-16(19)9-10-20/h1-8,20H,9-11H2. The molecular formula is C16H15ClN2O. The van der Waals surface area contributed by atoms with Gasteiger partial charge in [0, 0.05) is 11.4 Å². The first-order chi connectivity index (χ1) is 9.79. The maximum atomic E-state index is 9.21. The summed E-state index contributed by atoms with van der Waals surface area (Å²) in [5, 5.41) is 9.96. The lowest BCUT2D eigenvalue weighted by molar-refractivity contribution is 0.295. The lowest BCUT2D eigenvalue weighted by atomic mass is 10.2. The molecule has 0 fully saturated rings. The molecule has 1 aromatic heterocycles. The van der Waals surface area contributed by atoms with Gasteiger partial charge in [0.2, 0.25) is 0 Å². The number of benzene rings is 2. The summed E-state index contributed by atoms with van der Waals surface area (Å²) in [6, 6.07) is 15.8. The molecule has 0 saturated heterocycles. The molecule has 0 unspecified atom stereocenters. The molecule has 3 aromatic rings. The molecule has 0 spiro atoms. The Bertz CT molecular complexity index is 736. The molecule has 0 amide bonds. The van der Waals surface area contributed by atoms with Crippen molar-refractivity contribution in [2.75, 3.05) is 6.61 Å². The van der Waals surface area contributed by atoms with Crippen LogP contribution in [0.5, 0.6) is 0 Å². The van der Waals surface area contributed by atoms with Gasteiger partial charge in [0.25, 0.3) is 0 Å². The minimum Gasteiger partial charge on any atom is -0.396 e. The minimum absolute atomic E-state index is 0.0891. The number of halogens is 1. The van der Waals surface area contributed by atoms with Crippen LogP contribution >= 0.6 is 11.6 Å². The predicted molar refractivity (Wildman–Crippen MR) is 81.1 cm³/mol. The maximum absolute atomic E-state index is 9.21. The van der Waals surface area contributed by atoms with Crippen molar-refractivity contribution < 1.29 is 5.11 Å². The fraction of sp³-hybridized carbons (Fsp3) is 0.188. The summed E-state index contributed by atoms with van der Waals surface area (Å²) < 4.78 is 2.12. The number of fused-ring (bicyclic) bond motifs is 1. The monoisotopic (exact) mass is 286 g/mol. The average Bonchev–Trinajstić information content (AvgIpc) is 2.80. The molecule has 3 nitrogen and oxygen atoms in total. The fourth-order valence-corrected chi connectivity index (χ4v) is 2.59. The number of imidazole rings is 1. The summed E-state index contributed by atoms with van der Waals surface area (Å²) in [6.45, 7) is 0.751. The molecular weight excluding hydrogens is 272 g/mol. The Morgan fingerprint density at radius 1 is 1.05 bits per heavy atom. The van der Waals surface area contributed by atoms with Gasteiger partial charge in [-0.1, -0.05) is 41.9 Å². The molecule has 2 aromatic carbocycles. The van der Waals surface area contributed by atoms with Crippen molar-refractivity contribution in [1.29, 1.82) is 0 Å². The molecule has 1 heterocycles. The number of aliphatic hydroxyl groups excluding tert-OH is 1. The lowest BCUT2D eigenvalue weighted by Crippen LogP contribution is -2.07. The van der Waals surface area contributed by atoms with E-state index in [1.165, 1.54) is 0 Å². The quantitative estimate of drug-likeness (QED) is 0.799. The Hall–Kier alpha value is -1.84. The summed E-state index contributed by atoms with van der Waals surface area (Å²) in [6.07, 6.45) is 0.541. The van der Waals surface area contributed by atoms with E-state index in [1.54, 1.807) is 0 Å². The molecule has 0 aliphatic carbocycles. The Labute approximate surface area is 122 Å². The van der Waals surface area contributed by atoms with E-state index < -0.39 is 0 Å². The lowest BCUT2D eigenvalue weighted by Gasteiger charge is -2.10. The fourth-order valence-electron chi connectivity index (χ4n) is 2.39. The number of hydrogen-bond donors (Lipinski definition) is 1. The van der Waals surface area contributed by atoms with Gasteiger partial charge in [-0.2, -0.15) is 0 Å². The zero-order chi connectivity index (χ0) is 13.9. The van der Waals surface area contributed by atoms with E-state index in [4.69, 9.17) is 11.6 Å². The highest BCUT2D eigenvalue weighted by Crippen LogP contribution is 2.21. The number of hydrogen-bond acceptors (Lipinski definition) is 2. The molecule has 0 bridgehead atoms. The summed E-state index contributed by atoms with van der Waals surface area (Å²) in [5.41, 5.74) is 3.07. The largest absolute Gasteiger partial charge is 0.396 e. The van der Waals surface area contributed by atoms with Crippen molar-refractivity contribution in [2.45, 2.75) is 13.0 Å². The van der Waals surface area contributed by atoms with Crippen molar-refractivity contribution >= 4 is 22.6 Å². The minimum atomic E-state index is 0.0891. The van der Waals surface area contributed by atoms with E-state index in [0.29, 0.717) is 13.0 Å². The van der Waals surface area contributed by atoms with E-state index in [0.717, 1.165) is 27.4 Å². The molecule has 3 rings (SSSR count). The maximum Gasteiger partial charge on any atom is 0.112 e. The third-order valence-corrected chi connectivity index (χ3v) is 3.72. The van der Waals surface area contributed by atoms with Gasteiger partial charge in [0.05, 0.1) is 24.2 Å². The van der Waals surface area contributed by atoms with Crippen LogP contribution in [0.1, 0.15) is 11.4 Å². The molecule has 4 heteroatoms. The smallest absolute Gasteiger partial charge is 0.112 e. The van der Waals surface area contributed by atoms with E-state index in [-0.39, 0.29) is 6.61 Å². The molecule has 0 atom stereocenters. The normalized spacial score (nSPS) is 11.1. The summed E-state index contributed by atoms with van der Waals surface area (Å²) in [7, 11) is 0. The van der Waals surface area contributed by atoms with Crippen molar-refractivity contribution in [3.63, 3.8) is 0 Å². The van der Waals surface area contributed by atoms with Gasteiger partial charge in [-0.15, -0.1) is 0 Å². The molecule has 0 saturated carbocycles. The van der Waals surface area contributed by atoms with Crippen molar-refractivity contribution in [3.05, 3.63) is 64.9 Å². The van der Waals surface area contributed by atoms with Gasteiger partial charge in [-0.05, 0) is 23.8 Å². The Balaban J connectivity index is 2.09. The number of rotatable bonds is 4. The second kappa shape index (κ2) is 5.65. The van der Waals surface area contributed by atoms with Crippen molar-refractivity contribution in [2.24, 2.45) is 0 Å². The van der Waals surface area contributed by atoms with Crippen LogP contribution in [0, 0.1) is 0 Å². The molecule has 102 valence electrons. The second-order valence-electron chi connectivity index (χ2n) is 4.67. The second-order valence-corrected chi connectivity index (χ2v) is 5.08. The number of para-hydroxylation sites is 2. The highest BCUT2D eigenvalue weighted by molar-refractivity contribution is 6.31. The van der Waals surface area contributed by atoms with E-state index >= 15 is 0 Å². The highest BCUT2D eigenvalue weighted by atomic mass is 35.5. The SMILES string of the molecule is OCCc1nc2ccccc2n1Cc1ccccc1Cl. The molecule has 0 aliphatic heterocycles. The Morgan fingerprint density at radius 2 is 1.80 bits per heavy atom. The van der Waals surface area contributed by atoms with Crippen molar-refractivity contribution in [3.8, 4) is 0 Å². The van der Waals surface area contributed by atoms with Crippen LogP contribution in [-0.4, -0.2) is 21.3 Å². The average molecular weight is 287 g/mol. The Morgan fingerprint density at radius 3 is 2.60 bits per heavy atom. The first kappa shape index (κ1) is 13.2. The number of aromatic nitrogens is 2. The van der Waals surface area contributed by atoms with Crippen LogP contribution in [0.2, 0.25) is 5.02 Å². The zero-order valence-electron chi connectivity index (χ0n) is 11.0. The van der Waals surface area contributed by atoms with Gasteiger partial charge in [-0.3, -0.25) is 0 Å². The van der Waals surface area contributed by atoms with Gasteiger partial charge in [-0.25, -0.2) is 4.98 Å². The Kier molecular flexibility index (Phi) is 3.72. The van der Waals surface area contributed by atoms with Gasteiger partial charge in [0.15, 0.2) is 0 Å². The van der Waals surface area contributed by atoms with Gasteiger partial charge < -0.3 is 9.67 Å².